The minimum atomic E-state index is -0.283. The highest BCUT2D eigenvalue weighted by molar-refractivity contribution is 5.91. The fraction of sp³-hybridized carbons (Fsp3) is 0.182. The molecule has 1 N–H and O–H groups in total. The molecule has 0 fully saturated rings. The van der Waals surface area contributed by atoms with Crippen LogP contribution < -0.4 is 14.8 Å². The number of benzene rings is 2. The quantitative estimate of drug-likeness (QED) is 0.604. The molecule has 1 heterocycles. The number of nitrogens with zero attached hydrogens (tertiary/aromatic N) is 2. The van der Waals surface area contributed by atoms with Gasteiger partial charge in [-0.2, -0.15) is 5.10 Å². The molecular formula is C22H23N3O3. The molecule has 3 rings (SSSR count). The van der Waals surface area contributed by atoms with Gasteiger partial charge in [-0.05, 0) is 43.2 Å². The smallest absolute Gasteiger partial charge is 0.263 e. The van der Waals surface area contributed by atoms with Crippen molar-refractivity contribution < 1.29 is 14.3 Å². The Morgan fingerprint density at radius 1 is 1.18 bits per heavy atom. The Bertz CT molecular complexity index is 964. The first-order valence-corrected chi connectivity index (χ1v) is 8.93. The Hall–Kier alpha value is -3.54. The van der Waals surface area contributed by atoms with Gasteiger partial charge in [-0.25, -0.2) is 4.68 Å². The van der Waals surface area contributed by atoms with Crippen LogP contribution in [0.2, 0.25) is 0 Å². The summed E-state index contributed by atoms with van der Waals surface area (Å²) in [5.41, 5.74) is 2.73. The number of methoxy groups -OCH3 is 1. The molecule has 0 atom stereocenters. The van der Waals surface area contributed by atoms with Gasteiger partial charge >= 0.3 is 0 Å². The average molecular weight is 377 g/mol. The molecule has 0 saturated heterocycles. The second-order valence-corrected chi connectivity index (χ2v) is 6.23. The van der Waals surface area contributed by atoms with Gasteiger partial charge in [0.25, 0.3) is 5.91 Å². The van der Waals surface area contributed by atoms with Gasteiger partial charge in [-0.3, -0.25) is 4.79 Å². The van der Waals surface area contributed by atoms with E-state index in [4.69, 9.17) is 9.47 Å². The van der Waals surface area contributed by atoms with E-state index in [2.05, 4.69) is 17.0 Å². The number of allylic oxidation sites excluding steroid dienone is 1. The number of hydrogen-bond acceptors (Lipinski definition) is 4. The second kappa shape index (κ2) is 8.90. The first kappa shape index (κ1) is 19.2. The number of rotatable bonds is 8. The minimum absolute atomic E-state index is 0.143. The molecule has 0 saturated carbocycles. The van der Waals surface area contributed by atoms with E-state index in [0.29, 0.717) is 17.3 Å². The fourth-order valence-electron chi connectivity index (χ4n) is 2.80. The molecule has 2 aromatic carbocycles. The molecule has 0 bridgehead atoms. The van der Waals surface area contributed by atoms with Crippen molar-refractivity contribution in [2.45, 2.75) is 13.3 Å². The Morgan fingerprint density at radius 2 is 1.96 bits per heavy atom. The molecule has 3 aromatic rings. The molecule has 0 radical (unpaired) electrons. The van der Waals surface area contributed by atoms with Crippen LogP contribution in [0.3, 0.4) is 0 Å². The SMILES string of the molecule is C=CCc1ccc(OCC(=O)Nc2cc(C)nn2-c2ccccc2)c(OC)c1. The Balaban J connectivity index is 1.68. The number of nitrogens with one attached hydrogen (secondary N) is 1. The molecule has 0 aliphatic heterocycles. The summed E-state index contributed by atoms with van der Waals surface area (Å²) < 4.78 is 12.7. The third-order valence-electron chi connectivity index (χ3n) is 4.07. The number of anilines is 1. The van der Waals surface area contributed by atoms with Crippen molar-refractivity contribution in [3.63, 3.8) is 0 Å². The Kier molecular flexibility index (Phi) is 6.11. The molecule has 28 heavy (non-hydrogen) atoms. The van der Waals surface area contributed by atoms with Crippen LogP contribution in [-0.4, -0.2) is 29.4 Å². The molecular weight excluding hydrogens is 354 g/mol. The summed E-state index contributed by atoms with van der Waals surface area (Å²) in [6, 6.07) is 17.0. The fourth-order valence-corrected chi connectivity index (χ4v) is 2.80. The Labute approximate surface area is 164 Å². The third kappa shape index (κ3) is 4.59. The maximum atomic E-state index is 12.4. The third-order valence-corrected chi connectivity index (χ3v) is 4.07. The lowest BCUT2D eigenvalue weighted by molar-refractivity contribution is -0.118. The van der Waals surface area contributed by atoms with Gasteiger partial charge in [0.2, 0.25) is 0 Å². The van der Waals surface area contributed by atoms with E-state index < -0.39 is 0 Å². The van der Waals surface area contributed by atoms with E-state index >= 15 is 0 Å². The number of ether oxygens (including phenoxy) is 2. The van der Waals surface area contributed by atoms with Gasteiger partial charge in [-0.15, -0.1) is 6.58 Å². The summed E-state index contributed by atoms with van der Waals surface area (Å²) in [7, 11) is 1.57. The molecule has 6 nitrogen and oxygen atoms in total. The molecule has 0 unspecified atom stereocenters. The van der Waals surface area contributed by atoms with Crippen molar-refractivity contribution in [3.8, 4) is 17.2 Å². The largest absolute Gasteiger partial charge is 0.493 e. The van der Waals surface area contributed by atoms with Gasteiger partial charge in [0.05, 0.1) is 18.5 Å². The van der Waals surface area contributed by atoms with E-state index in [-0.39, 0.29) is 12.5 Å². The molecule has 6 heteroatoms. The zero-order chi connectivity index (χ0) is 19.9. The lowest BCUT2D eigenvalue weighted by atomic mass is 10.1. The van der Waals surface area contributed by atoms with E-state index in [9.17, 15) is 4.79 Å². The summed E-state index contributed by atoms with van der Waals surface area (Å²) in [6.45, 7) is 5.47. The summed E-state index contributed by atoms with van der Waals surface area (Å²) >= 11 is 0. The van der Waals surface area contributed by atoms with Gasteiger partial charge in [0.1, 0.15) is 5.82 Å². The summed E-state index contributed by atoms with van der Waals surface area (Å²) in [5, 5.41) is 7.29. The summed E-state index contributed by atoms with van der Waals surface area (Å²) in [5.74, 6) is 1.40. The molecule has 0 aliphatic carbocycles. The standard InChI is InChI=1S/C22H23N3O3/c1-4-8-17-11-12-19(20(14-17)27-3)28-15-22(26)23-21-13-16(2)24-25(21)18-9-6-5-7-10-18/h4-7,9-14H,1,8,15H2,2-3H3,(H,23,26). The first-order valence-electron chi connectivity index (χ1n) is 8.93. The number of amides is 1. The molecule has 1 amide bonds. The normalized spacial score (nSPS) is 10.4. The first-order chi connectivity index (χ1) is 13.6. The van der Waals surface area contributed by atoms with Crippen molar-refractivity contribution in [2.75, 3.05) is 19.0 Å². The predicted molar refractivity (Wildman–Crippen MR) is 109 cm³/mol. The summed E-state index contributed by atoms with van der Waals surface area (Å²) in [4.78, 5) is 12.4. The zero-order valence-electron chi connectivity index (χ0n) is 16.0. The van der Waals surface area contributed by atoms with Crippen LogP contribution >= 0.6 is 0 Å². The number of aryl methyl sites for hydroxylation is 1. The second-order valence-electron chi connectivity index (χ2n) is 6.23. The number of para-hydroxylation sites is 1. The van der Waals surface area contributed by atoms with Crippen molar-refractivity contribution >= 4 is 11.7 Å². The molecule has 144 valence electrons. The van der Waals surface area contributed by atoms with Crippen molar-refractivity contribution in [1.29, 1.82) is 0 Å². The van der Waals surface area contributed by atoms with E-state index in [1.165, 1.54) is 0 Å². The topological polar surface area (TPSA) is 65.4 Å². The van der Waals surface area contributed by atoms with Crippen molar-refractivity contribution in [3.05, 3.63) is 78.5 Å². The maximum Gasteiger partial charge on any atom is 0.263 e. The van der Waals surface area contributed by atoms with Crippen molar-refractivity contribution in [1.82, 2.24) is 9.78 Å². The van der Waals surface area contributed by atoms with Crippen LogP contribution in [0.1, 0.15) is 11.3 Å². The number of hydrogen-bond donors (Lipinski definition) is 1. The molecule has 1 aromatic heterocycles. The van der Waals surface area contributed by atoms with E-state index in [1.807, 2.05) is 61.5 Å². The van der Waals surface area contributed by atoms with Crippen LogP contribution in [0, 0.1) is 6.92 Å². The van der Waals surface area contributed by atoms with Crippen LogP contribution in [0.5, 0.6) is 11.5 Å². The van der Waals surface area contributed by atoms with Gasteiger partial charge in [0.15, 0.2) is 18.1 Å². The van der Waals surface area contributed by atoms with Gasteiger partial charge < -0.3 is 14.8 Å². The number of aromatic nitrogens is 2. The number of carbonyl (C=O) groups is 1. The lowest BCUT2D eigenvalue weighted by Crippen LogP contribution is -2.22. The van der Waals surface area contributed by atoms with Gasteiger partial charge in [0, 0.05) is 6.07 Å². The van der Waals surface area contributed by atoms with Gasteiger partial charge in [-0.1, -0.05) is 30.3 Å². The molecule has 0 aliphatic rings. The van der Waals surface area contributed by atoms with Crippen LogP contribution in [0.4, 0.5) is 5.82 Å². The molecule has 0 spiro atoms. The van der Waals surface area contributed by atoms with E-state index in [1.54, 1.807) is 17.9 Å². The summed E-state index contributed by atoms with van der Waals surface area (Å²) in [6.07, 6.45) is 2.56. The van der Waals surface area contributed by atoms with Crippen molar-refractivity contribution in [2.24, 2.45) is 0 Å². The lowest BCUT2D eigenvalue weighted by Gasteiger charge is -2.12. The van der Waals surface area contributed by atoms with Crippen LogP contribution in [0.25, 0.3) is 5.69 Å². The van der Waals surface area contributed by atoms with Crippen LogP contribution in [-0.2, 0) is 11.2 Å². The highest BCUT2D eigenvalue weighted by Gasteiger charge is 2.13. The zero-order valence-corrected chi connectivity index (χ0v) is 16.0. The highest BCUT2D eigenvalue weighted by atomic mass is 16.5. The minimum Gasteiger partial charge on any atom is -0.493 e. The predicted octanol–water partition coefficient (Wildman–Crippen LogP) is 3.94. The van der Waals surface area contributed by atoms with Crippen LogP contribution in [0.15, 0.2) is 67.3 Å². The Morgan fingerprint density at radius 3 is 2.68 bits per heavy atom. The number of carbonyl (C=O) groups excluding carboxylic acids is 1. The average Bonchev–Trinajstić information content (AvgIpc) is 3.07. The maximum absolute atomic E-state index is 12.4. The van der Waals surface area contributed by atoms with E-state index in [0.717, 1.165) is 23.4 Å². The monoisotopic (exact) mass is 377 g/mol. The highest BCUT2D eigenvalue weighted by Crippen LogP contribution is 2.28.